The van der Waals surface area contributed by atoms with Crippen molar-refractivity contribution in [3.63, 3.8) is 0 Å². The molecule has 18 heavy (non-hydrogen) atoms. The maximum atomic E-state index is 5.77. The molecule has 1 aliphatic rings. The van der Waals surface area contributed by atoms with Crippen LogP contribution in [0.5, 0.6) is 5.75 Å². The van der Waals surface area contributed by atoms with Gasteiger partial charge in [0.1, 0.15) is 10.7 Å². The first-order chi connectivity index (χ1) is 8.54. The summed E-state index contributed by atoms with van der Waals surface area (Å²) in [5, 5.41) is 3.59. The van der Waals surface area contributed by atoms with E-state index in [9.17, 15) is 0 Å². The van der Waals surface area contributed by atoms with E-state index >= 15 is 0 Å². The molecule has 0 radical (unpaired) electrons. The van der Waals surface area contributed by atoms with Gasteiger partial charge in [-0.05, 0) is 31.9 Å². The minimum Gasteiger partial charge on any atom is -0.497 e. The summed E-state index contributed by atoms with van der Waals surface area (Å²) in [7, 11) is 1.66. The molecular weight excluding hydrogens is 244 g/mol. The van der Waals surface area contributed by atoms with E-state index in [1.807, 2.05) is 18.2 Å². The van der Waals surface area contributed by atoms with Gasteiger partial charge in [-0.25, -0.2) is 0 Å². The normalized spacial score (nSPS) is 17.4. The van der Waals surface area contributed by atoms with Gasteiger partial charge in [-0.2, -0.15) is 0 Å². The van der Waals surface area contributed by atoms with E-state index in [1.165, 1.54) is 25.7 Å². The van der Waals surface area contributed by atoms with Crippen molar-refractivity contribution in [3.05, 3.63) is 23.8 Å². The second-order valence-corrected chi connectivity index (χ2v) is 5.61. The Hall–Kier alpha value is -1.29. The summed E-state index contributed by atoms with van der Waals surface area (Å²) < 4.78 is 5.26. The molecule has 0 saturated heterocycles. The molecule has 0 aromatic heterocycles. The summed E-state index contributed by atoms with van der Waals surface area (Å²) in [6.45, 7) is 2.25. The Labute approximate surface area is 114 Å². The number of nitrogens with two attached hydrogens (primary N) is 1. The zero-order valence-electron chi connectivity index (χ0n) is 11.0. The Morgan fingerprint density at radius 1 is 1.39 bits per heavy atom. The molecule has 1 aliphatic carbocycles. The van der Waals surface area contributed by atoms with Crippen molar-refractivity contribution in [2.24, 2.45) is 5.73 Å². The quantitative estimate of drug-likeness (QED) is 0.821. The van der Waals surface area contributed by atoms with Crippen molar-refractivity contribution in [3.8, 4) is 5.75 Å². The highest BCUT2D eigenvalue weighted by Crippen LogP contribution is 2.34. The first-order valence-electron chi connectivity index (χ1n) is 6.30. The van der Waals surface area contributed by atoms with Crippen molar-refractivity contribution in [1.82, 2.24) is 0 Å². The van der Waals surface area contributed by atoms with Crippen LogP contribution in [0.3, 0.4) is 0 Å². The van der Waals surface area contributed by atoms with Gasteiger partial charge in [0.15, 0.2) is 0 Å². The number of hydrogen-bond donors (Lipinski definition) is 2. The lowest BCUT2D eigenvalue weighted by Gasteiger charge is -2.28. The first kappa shape index (κ1) is 13.1. The zero-order valence-corrected chi connectivity index (χ0v) is 11.8. The van der Waals surface area contributed by atoms with Gasteiger partial charge in [0.2, 0.25) is 0 Å². The molecule has 0 amide bonds. The molecule has 0 heterocycles. The molecule has 1 fully saturated rings. The van der Waals surface area contributed by atoms with Crippen molar-refractivity contribution in [2.75, 3.05) is 12.4 Å². The standard InChI is InChI=1S/C14H20N2OS/c1-14(7-3-4-8-14)16-12-9-10(17-2)5-6-11(12)13(15)18/h5-6,9,16H,3-4,7-8H2,1-2H3,(H2,15,18). The molecule has 0 bridgehead atoms. The average Bonchev–Trinajstić information content (AvgIpc) is 2.75. The van der Waals surface area contributed by atoms with Gasteiger partial charge in [-0.3, -0.25) is 0 Å². The Morgan fingerprint density at radius 3 is 2.61 bits per heavy atom. The van der Waals surface area contributed by atoms with Crippen LogP contribution in [0.15, 0.2) is 18.2 Å². The SMILES string of the molecule is COc1ccc(C(N)=S)c(NC2(C)CCCC2)c1. The molecule has 1 aromatic rings. The Balaban J connectivity index is 2.31. The molecule has 3 N–H and O–H groups in total. The predicted octanol–water partition coefficient (Wildman–Crippen LogP) is 3.07. The Bertz CT molecular complexity index is 453. The summed E-state index contributed by atoms with van der Waals surface area (Å²) in [5.74, 6) is 0.819. The van der Waals surface area contributed by atoms with Crippen molar-refractivity contribution in [2.45, 2.75) is 38.1 Å². The second-order valence-electron chi connectivity index (χ2n) is 5.17. The number of benzene rings is 1. The van der Waals surface area contributed by atoms with Crippen molar-refractivity contribution >= 4 is 22.9 Å². The number of rotatable bonds is 4. The third-order valence-electron chi connectivity index (χ3n) is 3.64. The predicted molar refractivity (Wildman–Crippen MR) is 79.4 cm³/mol. The molecule has 0 unspecified atom stereocenters. The van der Waals surface area contributed by atoms with Crippen LogP contribution in [0, 0.1) is 0 Å². The Morgan fingerprint density at radius 2 is 2.06 bits per heavy atom. The molecule has 0 atom stereocenters. The molecule has 98 valence electrons. The number of thiocarbonyl (C=S) groups is 1. The summed E-state index contributed by atoms with van der Waals surface area (Å²) in [6.07, 6.45) is 4.91. The minimum atomic E-state index is 0.145. The third kappa shape index (κ3) is 2.75. The van der Waals surface area contributed by atoms with E-state index in [4.69, 9.17) is 22.7 Å². The second kappa shape index (κ2) is 5.14. The molecule has 3 nitrogen and oxygen atoms in total. The molecular formula is C14H20N2OS. The first-order valence-corrected chi connectivity index (χ1v) is 6.71. The molecule has 2 rings (SSSR count). The summed E-state index contributed by atoms with van der Waals surface area (Å²) in [5.41, 5.74) is 7.78. The number of anilines is 1. The fourth-order valence-electron chi connectivity index (χ4n) is 2.57. The summed E-state index contributed by atoms with van der Waals surface area (Å²) >= 11 is 5.10. The van der Waals surface area contributed by atoms with Crippen molar-refractivity contribution in [1.29, 1.82) is 0 Å². The lowest BCUT2D eigenvalue weighted by Crippen LogP contribution is -2.32. The van der Waals surface area contributed by atoms with E-state index in [0.29, 0.717) is 4.99 Å². The lowest BCUT2D eigenvalue weighted by molar-refractivity contribution is 0.414. The molecule has 0 spiro atoms. The summed E-state index contributed by atoms with van der Waals surface area (Å²) in [6, 6.07) is 5.77. The van der Waals surface area contributed by atoms with Crippen LogP contribution < -0.4 is 15.8 Å². The third-order valence-corrected chi connectivity index (χ3v) is 3.86. The highest BCUT2D eigenvalue weighted by Gasteiger charge is 2.29. The van der Waals surface area contributed by atoms with E-state index in [0.717, 1.165) is 17.0 Å². The van der Waals surface area contributed by atoms with E-state index in [2.05, 4.69) is 12.2 Å². The summed E-state index contributed by atoms with van der Waals surface area (Å²) in [4.78, 5) is 0.418. The van der Waals surface area contributed by atoms with Crippen LogP contribution in [0.25, 0.3) is 0 Å². The highest BCUT2D eigenvalue weighted by molar-refractivity contribution is 7.80. The molecule has 4 heteroatoms. The van der Waals surface area contributed by atoms with E-state index in [-0.39, 0.29) is 5.54 Å². The number of methoxy groups -OCH3 is 1. The maximum absolute atomic E-state index is 5.77. The number of ether oxygens (including phenoxy) is 1. The van der Waals surface area contributed by atoms with Gasteiger partial charge in [0.05, 0.1) is 7.11 Å². The van der Waals surface area contributed by atoms with Crippen LogP contribution in [-0.4, -0.2) is 17.6 Å². The molecule has 0 aliphatic heterocycles. The van der Waals surface area contributed by atoms with Crippen LogP contribution in [0.2, 0.25) is 0 Å². The largest absolute Gasteiger partial charge is 0.497 e. The van der Waals surface area contributed by atoms with Crippen LogP contribution in [-0.2, 0) is 0 Å². The highest BCUT2D eigenvalue weighted by atomic mass is 32.1. The lowest BCUT2D eigenvalue weighted by atomic mass is 9.99. The molecule has 1 aromatic carbocycles. The Kier molecular flexibility index (Phi) is 3.76. The van der Waals surface area contributed by atoms with Crippen LogP contribution >= 0.6 is 12.2 Å². The van der Waals surface area contributed by atoms with E-state index < -0.39 is 0 Å². The smallest absolute Gasteiger partial charge is 0.120 e. The van der Waals surface area contributed by atoms with Gasteiger partial charge in [-0.1, -0.05) is 25.1 Å². The monoisotopic (exact) mass is 264 g/mol. The maximum Gasteiger partial charge on any atom is 0.120 e. The molecule has 1 saturated carbocycles. The van der Waals surface area contributed by atoms with E-state index in [1.54, 1.807) is 7.11 Å². The zero-order chi connectivity index (χ0) is 13.2. The topological polar surface area (TPSA) is 47.3 Å². The van der Waals surface area contributed by atoms with Gasteiger partial charge in [0.25, 0.3) is 0 Å². The fraction of sp³-hybridized carbons (Fsp3) is 0.500. The average molecular weight is 264 g/mol. The van der Waals surface area contributed by atoms with Gasteiger partial charge in [0, 0.05) is 22.9 Å². The number of hydrogen-bond acceptors (Lipinski definition) is 3. The van der Waals surface area contributed by atoms with Gasteiger partial charge >= 0.3 is 0 Å². The number of nitrogens with one attached hydrogen (secondary N) is 1. The van der Waals surface area contributed by atoms with Crippen molar-refractivity contribution < 1.29 is 4.74 Å². The van der Waals surface area contributed by atoms with Gasteiger partial charge in [-0.15, -0.1) is 0 Å². The minimum absolute atomic E-state index is 0.145. The fourth-order valence-corrected chi connectivity index (χ4v) is 2.75. The van der Waals surface area contributed by atoms with Gasteiger partial charge < -0.3 is 15.8 Å². The van der Waals surface area contributed by atoms with Crippen LogP contribution in [0.4, 0.5) is 5.69 Å². The van der Waals surface area contributed by atoms with Crippen LogP contribution in [0.1, 0.15) is 38.2 Å².